The van der Waals surface area contributed by atoms with Crippen LogP contribution in [0.3, 0.4) is 0 Å². The molecule has 0 saturated carbocycles. The average molecular weight is 433 g/mol. The van der Waals surface area contributed by atoms with Gasteiger partial charge in [0.1, 0.15) is 7.14 Å². The molecule has 2 nitrogen and oxygen atoms in total. The van der Waals surface area contributed by atoms with Crippen molar-refractivity contribution in [3.8, 4) is 11.3 Å². The van der Waals surface area contributed by atoms with Gasteiger partial charge in [-0.15, -0.1) is 0 Å². The van der Waals surface area contributed by atoms with Crippen molar-refractivity contribution < 1.29 is 9.13 Å². The molecular weight excluding hydrogens is 397 g/mol. The maximum atomic E-state index is 14.2. The lowest BCUT2D eigenvalue weighted by molar-refractivity contribution is -0.740. The van der Waals surface area contributed by atoms with Crippen LogP contribution < -0.4 is 9.87 Å². The van der Waals surface area contributed by atoms with Gasteiger partial charge in [0.15, 0.2) is 11.7 Å². The summed E-state index contributed by atoms with van der Waals surface area (Å²) in [6.07, 6.45) is 4.20. The molecule has 3 heteroatoms. The molecular formula is C28H35NOP+. The van der Waals surface area contributed by atoms with Crippen LogP contribution in [0.4, 0.5) is 0 Å². The Balaban J connectivity index is 2.13. The molecule has 1 aromatic heterocycles. The molecule has 2 heterocycles. The number of hydrogen-bond donors (Lipinski definition) is 0. The van der Waals surface area contributed by atoms with Crippen LogP contribution in [-0.4, -0.2) is 11.3 Å². The largest absolute Gasteiger partial charge is 0.318 e. The minimum Gasteiger partial charge on any atom is -0.318 e. The molecule has 0 atom stereocenters. The van der Waals surface area contributed by atoms with Crippen LogP contribution in [0, 0.1) is 0 Å². The molecule has 0 amide bonds. The first-order valence-corrected chi connectivity index (χ1v) is 13.4. The summed E-state index contributed by atoms with van der Waals surface area (Å²) in [7, 11) is -2.54. The minimum atomic E-state index is -2.54. The van der Waals surface area contributed by atoms with E-state index in [1.54, 1.807) is 0 Å². The molecule has 0 N–H and O–H groups in total. The molecule has 0 fully saturated rings. The van der Waals surface area contributed by atoms with Gasteiger partial charge in [0, 0.05) is 41.1 Å². The summed E-state index contributed by atoms with van der Waals surface area (Å²) >= 11 is 0. The van der Waals surface area contributed by atoms with Crippen molar-refractivity contribution in [1.82, 2.24) is 0 Å². The third kappa shape index (κ3) is 2.99. The molecule has 0 saturated heterocycles. The zero-order valence-electron chi connectivity index (χ0n) is 19.8. The predicted molar refractivity (Wildman–Crippen MR) is 135 cm³/mol. The van der Waals surface area contributed by atoms with Crippen molar-refractivity contribution in [3.05, 3.63) is 66.9 Å². The third-order valence-corrected chi connectivity index (χ3v) is 11.7. The molecule has 0 radical (unpaired) electrons. The van der Waals surface area contributed by atoms with E-state index in [0.717, 1.165) is 23.7 Å². The van der Waals surface area contributed by atoms with Gasteiger partial charge in [0.05, 0.1) is 10.9 Å². The number of rotatable bonds is 5. The molecule has 0 unspecified atom stereocenters. The number of hydrogen-bond acceptors (Lipinski definition) is 1. The number of aromatic nitrogens is 1. The number of benzene rings is 2. The summed E-state index contributed by atoms with van der Waals surface area (Å²) in [5.41, 5.74) is 4.83. The topological polar surface area (TPSA) is 20.9 Å². The van der Waals surface area contributed by atoms with Crippen molar-refractivity contribution in [2.24, 2.45) is 0 Å². The first-order chi connectivity index (χ1) is 14.7. The third-order valence-electron chi connectivity index (χ3n) is 7.57. The normalized spacial score (nSPS) is 15.4. The molecule has 2 aromatic carbocycles. The Bertz CT molecular complexity index is 1200. The van der Waals surface area contributed by atoms with E-state index in [1.807, 2.05) is 0 Å². The fraction of sp³-hybridized carbons (Fsp3) is 0.393. The Morgan fingerprint density at radius 3 is 2.19 bits per heavy atom. The van der Waals surface area contributed by atoms with Gasteiger partial charge in [-0.1, -0.05) is 78.5 Å². The molecule has 162 valence electrons. The van der Waals surface area contributed by atoms with Crippen molar-refractivity contribution in [3.63, 3.8) is 0 Å². The fourth-order valence-electron chi connectivity index (χ4n) is 5.66. The SMILES string of the molecule is C=C1c2ccc(P(=O)(C(C)C)C(C)C)cc2-c2c3ccccc3cc[n+]2C1(CC)CC. The number of allylic oxidation sites excluding steroid dienone is 1. The Morgan fingerprint density at radius 1 is 0.935 bits per heavy atom. The minimum absolute atomic E-state index is 0.113. The van der Waals surface area contributed by atoms with Gasteiger partial charge in [-0.05, 0) is 23.1 Å². The van der Waals surface area contributed by atoms with E-state index in [1.165, 1.54) is 27.6 Å². The zero-order chi connectivity index (χ0) is 22.6. The highest BCUT2D eigenvalue weighted by Crippen LogP contribution is 2.55. The summed E-state index contributed by atoms with van der Waals surface area (Å²) in [4.78, 5) is 0. The lowest BCUT2D eigenvalue weighted by atomic mass is 9.75. The highest BCUT2D eigenvalue weighted by molar-refractivity contribution is 7.72. The first kappa shape index (κ1) is 22.0. The van der Waals surface area contributed by atoms with E-state index in [0.29, 0.717) is 0 Å². The van der Waals surface area contributed by atoms with Gasteiger partial charge in [-0.25, -0.2) is 0 Å². The van der Waals surface area contributed by atoms with Crippen molar-refractivity contribution in [1.29, 1.82) is 0 Å². The maximum Gasteiger partial charge on any atom is 0.221 e. The van der Waals surface area contributed by atoms with E-state index < -0.39 is 7.14 Å². The second-order valence-corrected chi connectivity index (χ2v) is 13.5. The summed E-state index contributed by atoms with van der Waals surface area (Å²) in [6.45, 7) is 17.5. The molecule has 1 aliphatic rings. The fourth-order valence-corrected chi connectivity index (χ4v) is 8.69. The van der Waals surface area contributed by atoms with Gasteiger partial charge in [-0.2, -0.15) is 4.57 Å². The van der Waals surface area contributed by atoms with Crippen LogP contribution in [0.25, 0.3) is 27.6 Å². The second kappa shape index (κ2) is 7.75. The number of fused-ring (bicyclic) bond motifs is 5. The molecule has 3 aromatic rings. The first-order valence-electron chi connectivity index (χ1n) is 11.6. The van der Waals surface area contributed by atoms with E-state index in [4.69, 9.17) is 0 Å². The summed E-state index contributed by atoms with van der Waals surface area (Å²) in [5, 5.41) is 3.46. The summed E-state index contributed by atoms with van der Waals surface area (Å²) in [6, 6.07) is 17.3. The number of nitrogens with zero attached hydrogens (tertiary/aromatic N) is 1. The van der Waals surface area contributed by atoms with E-state index in [-0.39, 0.29) is 16.9 Å². The van der Waals surface area contributed by atoms with Crippen LogP contribution in [0.2, 0.25) is 0 Å². The predicted octanol–water partition coefficient (Wildman–Crippen LogP) is 7.14. The highest BCUT2D eigenvalue weighted by Gasteiger charge is 2.47. The maximum absolute atomic E-state index is 14.2. The van der Waals surface area contributed by atoms with Gasteiger partial charge in [0.2, 0.25) is 5.69 Å². The van der Waals surface area contributed by atoms with Gasteiger partial charge in [-0.3, -0.25) is 0 Å². The van der Waals surface area contributed by atoms with Gasteiger partial charge in [0.25, 0.3) is 0 Å². The highest BCUT2D eigenvalue weighted by atomic mass is 31.2. The Hall–Kier alpha value is -2.18. The van der Waals surface area contributed by atoms with E-state index in [9.17, 15) is 4.57 Å². The molecule has 1 aliphatic heterocycles. The van der Waals surface area contributed by atoms with Crippen molar-refractivity contribution in [2.75, 3.05) is 0 Å². The van der Waals surface area contributed by atoms with Crippen LogP contribution in [0.15, 0.2) is 61.3 Å². The van der Waals surface area contributed by atoms with Crippen LogP contribution in [0.5, 0.6) is 0 Å². The van der Waals surface area contributed by atoms with Crippen LogP contribution in [0.1, 0.15) is 59.9 Å². The lowest BCUT2D eigenvalue weighted by Gasteiger charge is -2.36. The molecule has 0 spiro atoms. The van der Waals surface area contributed by atoms with E-state index >= 15 is 0 Å². The molecule has 0 aliphatic carbocycles. The standard InChI is InChI=1S/C28H35NOP/c1-8-28(9-2)21(7)24-15-14-23(31(30,19(3)4)20(5)6)18-26(24)27-25-13-11-10-12-22(25)16-17-29(27)28/h10-20H,7-9H2,1-6H3/q+1. The van der Waals surface area contributed by atoms with Gasteiger partial charge < -0.3 is 4.57 Å². The molecule has 31 heavy (non-hydrogen) atoms. The Kier molecular flexibility index (Phi) is 5.51. The quantitative estimate of drug-likeness (QED) is 0.310. The van der Waals surface area contributed by atoms with Crippen LogP contribution in [-0.2, 0) is 10.1 Å². The van der Waals surface area contributed by atoms with Gasteiger partial charge >= 0.3 is 0 Å². The zero-order valence-corrected chi connectivity index (χ0v) is 20.7. The van der Waals surface area contributed by atoms with Crippen LogP contribution >= 0.6 is 7.14 Å². The van der Waals surface area contributed by atoms with Crippen molar-refractivity contribution >= 4 is 28.8 Å². The summed E-state index contributed by atoms with van der Waals surface area (Å²) in [5.74, 6) is 0. The monoisotopic (exact) mass is 432 g/mol. The smallest absolute Gasteiger partial charge is 0.221 e. The Morgan fingerprint density at radius 2 is 1.58 bits per heavy atom. The number of pyridine rings is 1. The van der Waals surface area contributed by atoms with E-state index in [2.05, 4.69) is 107 Å². The lowest BCUT2D eigenvalue weighted by Crippen LogP contribution is -2.59. The Labute approximate surface area is 187 Å². The molecule has 0 bridgehead atoms. The second-order valence-electron chi connectivity index (χ2n) is 9.47. The average Bonchev–Trinajstić information content (AvgIpc) is 2.78. The summed E-state index contributed by atoms with van der Waals surface area (Å²) < 4.78 is 16.6. The molecule has 4 rings (SSSR count). The van der Waals surface area contributed by atoms with Crippen molar-refractivity contribution in [2.45, 2.75) is 71.2 Å².